The molecule has 16 heavy (non-hydrogen) atoms. The van der Waals surface area contributed by atoms with E-state index in [4.69, 9.17) is 33.4 Å². The van der Waals surface area contributed by atoms with Gasteiger partial charge in [-0.15, -0.1) is 0 Å². The minimum absolute atomic E-state index is 0.222. The zero-order chi connectivity index (χ0) is 11.7. The van der Waals surface area contributed by atoms with Gasteiger partial charge in [0.25, 0.3) is 0 Å². The quantitative estimate of drug-likeness (QED) is 0.892. The normalized spacial score (nSPS) is 12.8. The predicted molar refractivity (Wildman–Crippen MR) is 61.2 cm³/mol. The van der Waals surface area contributed by atoms with Crippen molar-refractivity contribution in [2.75, 3.05) is 0 Å². The molecule has 0 bridgehead atoms. The Bertz CT molecular complexity index is 512. The second-order valence-electron chi connectivity index (χ2n) is 3.29. The van der Waals surface area contributed by atoms with E-state index in [0.717, 1.165) is 0 Å². The van der Waals surface area contributed by atoms with Gasteiger partial charge in [-0.1, -0.05) is 17.7 Å². The molecule has 84 valence electrons. The van der Waals surface area contributed by atoms with Crippen molar-refractivity contribution in [2.45, 2.75) is 6.04 Å². The van der Waals surface area contributed by atoms with Crippen LogP contribution in [0.25, 0.3) is 0 Å². The lowest BCUT2D eigenvalue weighted by atomic mass is 10.1. The second-order valence-corrected chi connectivity index (χ2v) is 4.09. The Morgan fingerprint density at radius 1 is 1.19 bits per heavy atom. The maximum Gasteiger partial charge on any atom is 0.193 e. The lowest BCUT2D eigenvalue weighted by molar-refractivity contribution is 0.482. The Labute approximate surface area is 102 Å². The highest BCUT2D eigenvalue weighted by Gasteiger charge is 2.17. The van der Waals surface area contributed by atoms with E-state index in [2.05, 4.69) is 0 Å². The monoisotopic (exact) mass is 259 g/mol. The fourth-order valence-electron chi connectivity index (χ4n) is 1.40. The summed E-state index contributed by atoms with van der Waals surface area (Å²) in [5, 5.41) is 0.547. The number of hydrogen-bond acceptors (Lipinski definition) is 2. The highest BCUT2D eigenvalue weighted by molar-refractivity contribution is 6.30. The molecule has 0 radical (unpaired) electrons. The second kappa shape index (κ2) is 4.45. The van der Waals surface area contributed by atoms with Crippen molar-refractivity contribution in [2.24, 2.45) is 5.73 Å². The molecule has 2 nitrogen and oxygen atoms in total. The first-order valence-electron chi connectivity index (χ1n) is 4.53. The van der Waals surface area contributed by atoms with Crippen LogP contribution in [0.1, 0.15) is 17.4 Å². The van der Waals surface area contributed by atoms with Gasteiger partial charge in [0.2, 0.25) is 0 Å². The van der Waals surface area contributed by atoms with Crippen LogP contribution in [0.4, 0.5) is 4.39 Å². The number of halogens is 3. The van der Waals surface area contributed by atoms with Gasteiger partial charge in [0.05, 0.1) is 6.04 Å². The summed E-state index contributed by atoms with van der Waals surface area (Å²) in [7, 11) is 0. The van der Waals surface area contributed by atoms with E-state index in [9.17, 15) is 4.39 Å². The van der Waals surface area contributed by atoms with Gasteiger partial charge in [0.1, 0.15) is 11.6 Å². The van der Waals surface area contributed by atoms with Crippen molar-refractivity contribution < 1.29 is 8.81 Å². The van der Waals surface area contributed by atoms with E-state index in [0.29, 0.717) is 16.3 Å². The van der Waals surface area contributed by atoms with Crippen LogP contribution in [0.15, 0.2) is 34.7 Å². The van der Waals surface area contributed by atoms with Gasteiger partial charge < -0.3 is 10.2 Å². The molecule has 0 aliphatic carbocycles. The Balaban J connectivity index is 2.37. The molecule has 0 amide bonds. The van der Waals surface area contributed by atoms with Gasteiger partial charge in [0, 0.05) is 10.6 Å². The number of benzene rings is 1. The van der Waals surface area contributed by atoms with E-state index in [1.54, 1.807) is 18.2 Å². The van der Waals surface area contributed by atoms with Crippen LogP contribution >= 0.6 is 23.2 Å². The molecule has 0 saturated heterocycles. The molecular formula is C11H8Cl2FNO. The Morgan fingerprint density at radius 2 is 1.94 bits per heavy atom. The molecule has 1 aromatic carbocycles. The third kappa shape index (κ3) is 2.21. The highest BCUT2D eigenvalue weighted by Crippen LogP contribution is 2.26. The maximum atomic E-state index is 13.6. The average molecular weight is 260 g/mol. The maximum absolute atomic E-state index is 13.6. The summed E-state index contributed by atoms with van der Waals surface area (Å²) in [6.45, 7) is 0. The molecule has 0 fully saturated rings. The molecule has 0 spiro atoms. The van der Waals surface area contributed by atoms with Crippen LogP contribution in [0, 0.1) is 5.82 Å². The molecule has 5 heteroatoms. The lowest BCUT2D eigenvalue weighted by Crippen LogP contribution is -2.12. The zero-order valence-corrected chi connectivity index (χ0v) is 9.60. The molecule has 1 unspecified atom stereocenters. The van der Waals surface area contributed by atoms with Crippen LogP contribution in [-0.2, 0) is 0 Å². The summed E-state index contributed by atoms with van der Waals surface area (Å²) in [6.07, 6.45) is 0. The molecule has 0 aliphatic heterocycles. The smallest absolute Gasteiger partial charge is 0.193 e. The molecule has 0 aliphatic rings. The largest absolute Gasteiger partial charge is 0.448 e. The zero-order valence-electron chi connectivity index (χ0n) is 8.08. The predicted octanol–water partition coefficient (Wildman–Crippen LogP) is 3.77. The highest BCUT2D eigenvalue weighted by atomic mass is 35.5. The number of nitrogens with two attached hydrogens (primary N) is 1. The Morgan fingerprint density at radius 3 is 2.50 bits per heavy atom. The summed E-state index contributed by atoms with van der Waals surface area (Å²) in [4.78, 5) is 0. The molecule has 1 heterocycles. The molecule has 2 N–H and O–H groups in total. The number of furan rings is 1. The van der Waals surface area contributed by atoms with E-state index in [1.807, 2.05) is 0 Å². The van der Waals surface area contributed by atoms with Crippen molar-refractivity contribution >= 4 is 23.2 Å². The van der Waals surface area contributed by atoms with Gasteiger partial charge in [0.15, 0.2) is 5.22 Å². The van der Waals surface area contributed by atoms with E-state index in [1.165, 1.54) is 12.1 Å². The van der Waals surface area contributed by atoms with Crippen molar-refractivity contribution in [3.8, 4) is 0 Å². The molecule has 2 rings (SSSR count). The van der Waals surface area contributed by atoms with E-state index < -0.39 is 11.9 Å². The summed E-state index contributed by atoms with van der Waals surface area (Å²) >= 11 is 11.3. The molecule has 1 aromatic heterocycles. The van der Waals surface area contributed by atoms with Crippen LogP contribution in [-0.4, -0.2) is 0 Å². The third-order valence-corrected chi connectivity index (χ3v) is 2.64. The van der Waals surface area contributed by atoms with E-state index in [-0.39, 0.29) is 5.22 Å². The summed E-state index contributed by atoms with van der Waals surface area (Å²) in [6, 6.07) is 6.79. The van der Waals surface area contributed by atoms with Crippen molar-refractivity contribution in [1.82, 2.24) is 0 Å². The molecule has 0 saturated carbocycles. The minimum atomic E-state index is -0.690. The van der Waals surface area contributed by atoms with Gasteiger partial charge in [-0.05, 0) is 35.9 Å². The number of rotatable bonds is 2. The summed E-state index contributed by atoms with van der Waals surface area (Å²) in [5.74, 6) is -0.0567. The van der Waals surface area contributed by atoms with Crippen molar-refractivity contribution in [1.29, 1.82) is 0 Å². The minimum Gasteiger partial charge on any atom is -0.448 e. The van der Waals surface area contributed by atoms with Crippen LogP contribution in [0.3, 0.4) is 0 Å². The van der Waals surface area contributed by atoms with Gasteiger partial charge in [-0.3, -0.25) is 0 Å². The molecule has 1 atom stereocenters. The molecular weight excluding hydrogens is 252 g/mol. The topological polar surface area (TPSA) is 39.2 Å². The number of hydrogen-bond donors (Lipinski definition) is 1. The van der Waals surface area contributed by atoms with E-state index >= 15 is 0 Å². The SMILES string of the molecule is NC(c1ccc(Cl)o1)c1ccc(Cl)cc1F. The van der Waals surface area contributed by atoms with Gasteiger partial charge in [-0.2, -0.15) is 0 Å². The van der Waals surface area contributed by atoms with Crippen molar-refractivity contribution in [3.63, 3.8) is 0 Å². The summed E-state index contributed by atoms with van der Waals surface area (Å²) < 4.78 is 18.7. The first kappa shape index (κ1) is 11.5. The standard InChI is InChI=1S/C11H8Cl2FNO/c12-6-1-2-7(8(14)5-6)11(15)9-3-4-10(13)16-9/h1-5,11H,15H2. The average Bonchev–Trinajstić information content (AvgIpc) is 2.64. The van der Waals surface area contributed by atoms with Crippen molar-refractivity contribution in [3.05, 3.63) is 57.7 Å². The summed E-state index contributed by atoms with van der Waals surface area (Å²) in [5.41, 5.74) is 6.16. The molecule has 2 aromatic rings. The Kier molecular flexibility index (Phi) is 3.19. The fraction of sp³-hybridized carbons (Fsp3) is 0.0909. The fourth-order valence-corrected chi connectivity index (χ4v) is 1.71. The Hall–Kier alpha value is -1.03. The van der Waals surface area contributed by atoms with Gasteiger partial charge >= 0.3 is 0 Å². The lowest BCUT2D eigenvalue weighted by Gasteiger charge is -2.10. The van der Waals surface area contributed by atoms with Crippen LogP contribution in [0.5, 0.6) is 0 Å². The van der Waals surface area contributed by atoms with Crippen LogP contribution < -0.4 is 5.73 Å². The van der Waals surface area contributed by atoms with Crippen LogP contribution in [0.2, 0.25) is 10.2 Å². The third-order valence-electron chi connectivity index (χ3n) is 2.20. The first-order chi connectivity index (χ1) is 7.58. The first-order valence-corrected chi connectivity index (χ1v) is 5.29. The van der Waals surface area contributed by atoms with Gasteiger partial charge in [-0.25, -0.2) is 4.39 Å².